The van der Waals surface area contributed by atoms with Gasteiger partial charge in [-0.15, -0.1) is 18.3 Å². The maximum Gasteiger partial charge on any atom is 0.573 e. The molecule has 8 nitrogen and oxygen atoms in total. The Morgan fingerprint density at radius 2 is 1.76 bits per heavy atom. The van der Waals surface area contributed by atoms with E-state index in [1.54, 1.807) is 32.2 Å². The third kappa shape index (κ3) is 5.08. The molecule has 11 heteroatoms. The van der Waals surface area contributed by atoms with Crippen LogP contribution in [0.1, 0.15) is 23.0 Å². The zero-order valence-corrected chi connectivity index (χ0v) is 18.2. The fourth-order valence-corrected chi connectivity index (χ4v) is 3.36. The first-order chi connectivity index (χ1) is 16.3. The van der Waals surface area contributed by atoms with Crippen LogP contribution >= 0.6 is 0 Å². The molecule has 4 aromatic rings. The summed E-state index contributed by atoms with van der Waals surface area (Å²) in [6, 6.07) is 12.7. The number of halogens is 3. The number of nitrogens with zero attached hydrogens (tertiary/aromatic N) is 4. The van der Waals surface area contributed by atoms with E-state index in [9.17, 15) is 18.0 Å². The van der Waals surface area contributed by atoms with Crippen LogP contribution in [0, 0.1) is 0 Å². The van der Waals surface area contributed by atoms with Gasteiger partial charge in [-0.2, -0.15) is 0 Å². The molecule has 0 radical (unpaired) electrons. The summed E-state index contributed by atoms with van der Waals surface area (Å²) in [4.78, 5) is 16.9. The third-order valence-corrected chi connectivity index (χ3v) is 4.86. The van der Waals surface area contributed by atoms with Crippen molar-refractivity contribution in [3.63, 3.8) is 0 Å². The van der Waals surface area contributed by atoms with Gasteiger partial charge in [0.05, 0.1) is 26.0 Å². The van der Waals surface area contributed by atoms with Crippen LogP contribution in [0.5, 0.6) is 11.5 Å². The van der Waals surface area contributed by atoms with Crippen LogP contribution in [0.2, 0.25) is 0 Å². The Kier molecular flexibility index (Phi) is 6.35. The van der Waals surface area contributed by atoms with Gasteiger partial charge in [0, 0.05) is 11.6 Å². The van der Waals surface area contributed by atoms with Crippen molar-refractivity contribution in [1.29, 1.82) is 0 Å². The maximum absolute atomic E-state index is 12.7. The van der Waals surface area contributed by atoms with E-state index in [4.69, 9.17) is 9.47 Å². The number of fused-ring (bicyclic) bond motifs is 1. The maximum atomic E-state index is 12.7. The van der Waals surface area contributed by atoms with E-state index in [2.05, 4.69) is 20.0 Å². The highest BCUT2D eigenvalue weighted by Crippen LogP contribution is 2.30. The molecule has 2 aromatic heterocycles. The van der Waals surface area contributed by atoms with Crippen molar-refractivity contribution in [2.45, 2.75) is 19.8 Å². The van der Waals surface area contributed by atoms with E-state index in [1.807, 2.05) is 12.1 Å². The highest BCUT2D eigenvalue weighted by Gasteiger charge is 2.31. The van der Waals surface area contributed by atoms with Gasteiger partial charge in [-0.3, -0.25) is 4.98 Å². The quantitative estimate of drug-likeness (QED) is 0.363. The Bertz CT molecular complexity index is 1320. The molecule has 0 atom stereocenters. The highest BCUT2D eigenvalue weighted by molar-refractivity contribution is 5.95. The van der Waals surface area contributed by atoms with Crippen molar-refractivity contribution < 1.29 is 32.2 Å². The predicted molar refractivity (Wildman–Crippen MR) is 115 cm³/mol. The van der Waals surface area contributed by atoms with E-state index in [-0.39, 0.29) is 30.3 Å². The number of rotatable bonds is 7. The monoisotopic (exact) mass is 472 g/mol. The summed E-state index contributed by atoms with van der Waals surface area (Å²) < 4.78 is 53.7. The van der Waals surface area contributed by atoms with E-state index >= 15 is 0 Å². The highest BCUT2D eigenvalue weighted by atomic mass is 19.4. The first kappa shape index (κ1) is 23.0. The predicted octanol–water partition coefficient (Wildman–Crippen LogP) is 4.63. The first-order valence-electron chi connectivity index (χ1n) is 10.2. The molecule has 4 rings (SSSR count). The smallest absolute Gasteiger partial charge is 0.497 e. The number of pyridine rings is 1. The first-order valence-corrected chi connectivity index (χ1v) is 10.2. The number of carbonyl (C=O) groups is 1. The topological polar surface area (TPSA) is 88.4 Å². The van der Waals surface area contributed by atoms with E-state index in [0.717, 1.165) is 5.56 Å². The van der Waals surface area contributed by atoms with Gasteiger partial charge in [-0.25, -0.2) is 9.48 Å². The summed E-state index contributed by atoms with van der Waals surface area (Å²) >= 11 is 0. The number of ether oxygens (including phenoxy) is 3. The van der Waals surface area contributed by atoms with E-state index < -0.39 is 12.3 Å². The molecule has 0 spiro atoms. The molecule has 0 aliphatic rings. The summed E-state index contributed by atoms with van der Waals surface area (Å²) in [5.74, 6) is -0.370. The fraction of sp³-hybridized carbons (Fsp3) is 0.217. The minimum absolute atomic E-state index is 0.0510. The van der Waals surface area contributed by atoms with Crippen LogP contribution in [-0.4, -0.2) is 46.0 Å². The second kappa shape index (κ2) is 9.38. The number of alkyl halides is 3. The van der Waals surface area contributed by atoms with Gasteiger partial charge in [0.25, 0.3) is 0 Å². The number of aromatic nitrogens is 4. The van der Waals surface area contributed by atoms with Crippen molar-refractivity contribution >= 4 is 16.7 Å². The Morgan fingerprint density at radius 3 is 2.44 bits per heavy atom. The number of hydrogen-bond donors (Lipinski definition) is 0. The average molecular weight is 472 g/mol. The summed E-state index contributed by atoms with van der Waals surface area (Å²) in [7, 11) is 1.56. The normalized spacial score (nSPS) is 11.4. The number of methoxy groups -OCH3 is 1. The molecule has 0 bridgehead atoms. The van der Waals surface area contributed by atoms with Crippen LogP contribution in [0.15, 0.2) is 54.7 Å². The molecular weight excluding hydrogens is 453 g/mol. The van der Waals surface area contributed by atoms with Crippen molar-refractivity contribution in [3.05, 3.63) is 66.0 Å². The van der Waals surface area contributed by atoms with Gasteiger partial charge in [0.15, 0.2) is 5.69 Å². The largest absolute Gasteiger partial charge is 0.573 e. The Morgan fingerprint density at radius 1 is 1.03 bits per heavy atom. The SMILES string of the molecule is CCOC(=O)c1nnn(Cc2ccc(OC)cc2)c1-c1cc2cc(OC(F)(F)F)ccc2cn1. The van der Waals surface area contributed by atoms with Crippen LogP contribution in [-0.2, 0) is 11.3 Å². The summed E-state index contributed by atoms with van der Waals surface area (Å²) in [6.07, 6.45) is -3.33. The Hall–Kier alpha value is -4.15. The number of hydrogen-bond acceptors (Lipinski definition) is 7. The lowest BCUT2D eigenvalue weighted by Gasteiger charge is -2.11. The molecule has 0 fully saturated rings. The van der Waals surface area contributed by atoms with Crippen LogP contribution in [0.3, 0.4) is 0 Å². The molecule has 34 heavy (non-hydrogen) atoms. The second-order valence-electron chi connectivity index (χ2n) is 7.14. The number of benzene rings is 2. The number of carbonyl (C=O) groups excluding carboxylic acids is 1. The zero-order valence-electron chi connectivity index (χ0n) is 18.2. The van der Waals surface area contributed by atoms with Crippen molar-refractivity contribution in [2.75, 3.05) is 13.7 Å². The van der Waals surface area contributed by atoms with Crippen LogP contribution < -0.4 is 9.47 Å². The molecular formula is C23H19F3N4O4. The molecule has 0 unspecified atom stereocenters. The molecule has 0 aliphatic heterocycles. The number of esters is 1. The van der Waals surface area contributed by atoms with Crippen molar-refractivity contribution in [2.24, 2.45) is 0 Å². The van der Waals surface area contributed by atoms with Crippen molar-refractivity contribution in [1.82, 2.24) is 20.0 Å². The van der Waals surface area contributed by atoms with Crippen LogP contribution in [0.4, 0.5) is 13.2 Å². The minimum atomic E-state index is -4.82. The van der Waals surface area contributed by atoms with Gasteiger partial charge in [0.1, 0.15) is 17.2 Å². The molecule has 0 aliphatic carbocycles. The van der Waals surface area contributed by atoms with Crippen LogP contribution in [0.25, 0.3) is 22.2 Å². The molecule has 176 valence electrons. The Balaban J connectivity index is 1.78. The Labute approximate surface area is 191 Å². The molecule has 2 aromatic carbocycles. The molecule has 2 heterocycles. The summed E-state index contributed by atoms with van der Waals surface area (Å²) in [5, 5.41) is 9.11. The van der Waals surface area contributed by atoms with E-state index in [1.165, 1.54) is 29.1 Å². The minimum Gasteiger partial charge on any atom is -0.497 e. The lowest BCUT2D eigenvalue weighted by atomic mass is 10.1. The van der Waals surface area contributed by atoms with Gasteiger partial charge in [-0.1, -0.05) is 17.3 Å². The van der Waals surface area contributed by atoms with E-state index in [0.29, 0.717) is 22.2 Å². The second-order valence-corrected chi connectivity index (χ2v) is 7.14. The fourth-order valence-electron chi connectivity index (χ4n) is 3.36. The molecule has 0 saturated carbocycles. The van der Waals surface area contributed by atoms with Gasteiger partial charge >= 0.3 is 12.3 Å². The third-order valence-electron chi connectivity index (χ3n) is 4.86. The van der Waals surface area contributed by atoms with Gasteiger partial charge < -0.3 is 14.2 Å². The lowest BCUT2D eigenvalue weighted by Crippen LogP contribution is -2.17. The molecule has 0 saturated heterocycles. The summed E-state index contributed by atoms with van der Waals surface area (Å²) in [6.45, 7) is 2.05. The summed E-state index contributed by atoms with van der Waals surface area (Å²) in [5.41, 5.74) is 1.37. The molecule has 0 amide bonds. The zero-order chi connectivity index (χ0) is 24.3. The molecule has 0 N–H and O–H groups in total. The van der Waals surface area contributed by atoms with Gasteiger partial charge in [-0.05, 0) is 54.3 Å². The standard InChI is InChI=1S/C23H19F3N4O4/c1-3-33-22(31)20-21(30(29-28-20)13-14-4-7-17(32-2)8-5-14)19-11-16-10-18(34-23(24,25)26)9-6-15(16)12-27-19/h4-12H,3,13H2,1-2H3. The van der Waals surface area contributed by atoms with Gasteiger partial charge in [0.2, 0.25) is 0 Å². The van der Waals surface area contributed by atoms with Crippen molar-refractivity contribution in [3.8, 4) is 22.9 Å². The lowest BCUT2D eigenvalue weighted by molar-refractivity contribution is -0.274. The average Bonchev–Trinajstić information content (AvgIpc) is 3.22.